The van der Waals surface area contributed by atoms with Gasteiger partial charge in [0.1, 0.15) is 23.1 Å². The molecule has 1 atom stereocenters. The van der Waals surface area contributed by atoms with E-state index in [2.05, 4.69) is 17.2 Å². The topological polar surface area (TPSA) is 115 Å². The van der Waals surface area contributed by atoms with Crippen molar-refractivity contribution in [1.82, 2.24) is 19.8 Å². The molecule has 0 saturated carbocycles. The predicted octanol–water partition coefficient (Wildman–Crippen LogP) is 5.03. The number of amides is 2. The van der Waals surface area contributed by atoms with Crippen molar-refractivity contribution in [2.24, 2.45) is 0 Å². The van der Waals surface area contributed by atoms with Gasteiger partial charge < -0.3 is 34.1 Å². The lowest BCUT2D eigenvalue weighted by Gasteiger charge is -2.38. The van der Waals surface area contributed by atoms with E-state index in [1.54, 1.807) is 19.4 Å². The monoisotopic (exact) mass is 596 g/mol. The summed E-state index contributed by atoms with van der Waals surface area (Å²) in [4.78, 5) is 33.0. The molecule has 4 heterocycles. The number of fused-ring (bicyclic) bond motifs is 6. The van der Waals surface area contributed by atoms with Crippen LogP contribution in [-0.2, 0) is 24.2 Å². The van der Waals surface area contributed by atoms with E-state index in [-0.39, 0.29) is 23.3 Å². The van der Waals surface area contributed by atoms with Gasteiger partial charge in [-0.2, -0.15) is 0 Å². The van der Waals surface area contributed by atoms with E-state index in [4.69, 9.17) is 14.2 Å². The molecule has 2 amide bonds. The van der Waals surface area contributed by atoms with Crippen LogP contribution >= 0.6 is 0 Å². The van der Waals surface area contributed by atoms with Gasteiger partial charge in [-0.3, -0.25) is 9.59 Å². The highest BCUT2D eigenvalue weighted by atomic mass is 16.5. The minimum Gasteiger partial charge on any atom is -0.507 e. The summed E-state index contributed by atoms with van der Waals surface area (Å²) < 4.78 is 19.9. The Morgan fingerprint density at radius 2 is 1.98 bits per heavy atom. The first kappa shape index (κ1) is 29.1. The average molecular weight is 597 g/mol. The number of aryl methyl sites for hydroxylation is 2. The van der Waals surface area contributed by atoms with E-state index in [0.29, 0.717) is 68.5 Å². The number of phenols is 1. The maximum Gasteiger partial charge on any atom is 0.255 e. The molecule has 2 N–H and O–H groups in total. The molecule has 3 aromatic carbocycles. The SMILES string of the molecule is CCc1nccn1CCC(=O)N1CCc2cc3ccc2C1c1ccc(OC)c(c1)OCCCNC(=O)c1cc(ccc1O)O3. The number of nitrogens with zero attached hydrogens (tertiary/aromatic N) is 3. The number of carbonyl (C=O) groups is 2. The van der Waals surface area contributed by atoms with Crippen LogP contribution in [0, 0.1) is 0 Å². The Kier molecular flexibility index (Phi) is 8.40. The zero-order chi connectivity index (χ0) is 30.6. The van der Waals surface area contributed by atoms with Gasteiger partial charge in [0.2, 0.25) is 5.91 Å². The van der Waals surface area contributed by atoms with Crippen LogP contribution in [0.2, 0.25) is 0 Å². The Hall–Kier alpha value is -4.99. The second kappa shape index (κ2) is 12.7. The van der Waals surface area contributed by atoms with Gasteiger partial charge in [-0.25, -0.2) is 4.98 Å². The average Bonchev–Trinajstić information content (AvgIpc) is 3.51. The molecule has 44 heavy (non-hydrogen) atoms. The van der Waals surface area contributed by atoms with E-state index >= 15 is 0 Å². The van der Waals surface area contributed by atoms with Gasteiger partial charge in [0.25, 0.3) is 5.91 Å². The van der Waals surface area contributed by atoms with Crippen molar-refractivity contribution >= 4 is 11.8 Å². The molecule has 1 unspecified atom stereocenters. The fraction of sp³-hybridized carbons (Fsp3) is 0.324. The fourth-order valence-corrected chi connectivity index (χ4v) is 5.94. The number of hydrogen-bond acceptors (Lipinski definition) is 7. The minimum atomic E-state index is -0.398. The molecular weight excluding hydrogens is 560 g/mol. The zero-order valence-electron chi connectivity index (χ0n) is 24.9. The number of ether oxygens (including phenoxy) is 3. The second-order valence-corrected chi connectivity index (χ2v) is 10.9. The van der Waals surface area contributed by atoms with Crippen LogP contribution in [0.4, 0.5) is 0 Å². The van der Waals surface area contributed by atoms with E-state index in [1.807, 2.05) is 52.1 Å². The molecule has 0 fully saturated rings. The first-order valence-electron chi connectivity index (χ1n) is 15.0. The van der Waals surface area contributed by atoms with Crippen LogP contribution in [0.3, 0.4) is 0 Å². The molecule has 10 heteroatoms. The second-order valence-electron chi connectivity index (χ2n) is 10.9. The third-order valence-electron chi connectivity index (χ3n) is 8.16. The first-order chi connectivity index (χ1) is 21.4. The predicted molar refractivity (Wildman–Crippen MR) is 164 cm³/mol. The summed E-state index contributed by atoms with van der Waals surface area (Å²) in [6, 6.07) is 15.9. The number of benzene rings is 3. The van der Waals surface area contributed by atoms with Gasteiger partial charge in [-0.15, -0.1) is 0 Å². The fourth-order valence-electron chi connectivity index (χ4n) is 5.94. The summed E-state index contributed by atoms with van der Waals surface area (Å²) in [6.45, 7) is 3.83. The van der Waals surface area contributed by atoms with Crippen LogP contribution in [0.25, 0.3) is 0 Å². The molecule has 10 nitrogen and oxygen atoms in total. The molecule has 0 saturated heterocycles. The molecule has 3 aliphatic rings. The number of methoxy groups -OCH3 is 1. The van der Waals surface area contributed by atoms with Gasteiger partial charge >= 0.3 is 0 Å². The quantitative estimate of drug-likeness (QED) is 0.332. The number of carbonyl (C=O) groups excluding carboxylic acids is 2. The molecule has 228 valence electrons. The minimum absolute atomic E-state index is 0.0597. The Labute approximate surface area is 256 Å². The lowest BCUT2D eigenvalue weighted by molar-refractivity contribution is -0.133. The zero-order valence-corrected chi connectivity index (χ0v) is 24.9. The van der Waals surface area contributed by atoms with Crippen LogP contribution in [-0.4, -0.2) is 58.2 Å². The summed E-state index contributed by atoms with van der Waals surface area (Å²) in [7, 11) is 1.59. The molecule has 3 aliphatic heterocycles. The van der Waals surface area contributed by atoms with Crippen molar-refractivity contribution in [3.8, 4) is 28.7 Å². The van der Waals surface area contributed by atoms with Crippen molar-refractivity contribution in [3.63, 3.8) is 0 Å². The van der Waals surface area contributed by atoms with Crippen molar-refractivity contribution in [3.05, 3.63) is 95.1 Å². The Morgan fingerprint density at radius 1 is 1.14 bits per heavy atom. The highest BCUT2D eigenvalue weighted by Crippen LogP contribution is 2.41. The van der Waals surface area contributed by atoms with Crippen LogP contribution in [0.5, 0.6) is 28.7 Å². The first-order valence-corrected chi connectivity index (χ1v) is 15.0. The lowest BCUT2D eigenvalue weighted by atomic mass is 9.87. The summed E-state index contributed by atoms with van der Waals surface area (Å²) in [5.74, 6) is 2.68. The van der Waals surface area contributed by atoms with Gasteiger partial charge in [0.05, 0.1) is 25.3 Å². The highest BCUT2D eigenvalue weighted by molar-refractivity contribution is 5.97. The van der Waals surface area contributed by atoms with Crippen molar-refractivity contribution < 1.29 is 28.9 Å². The molecule has 7 rings (SSSR count). The summed E-state index contributed by atoms with van der Waals surface area (Å²) in [6.07, 6.45) is 6.04. The standard InChI is InChI=1S/C34H36N4O6/c1-3-31-35-14-17-37(31)15-12-32(40)38-16-11-22-19-24-6-8-26(22)33(38)23-5-10-29(42-2)30(20-23)43-18-4-13-36-34(41)27-21-25(44-24)7-9-28(27)39/h5-10,14,17,19-21,33,39H,3-4,11-13,15-16,18H2,1-2H3,(H,36,41). The maximum absolute atomic E-state index is 13.9. The molecule has 0 radical (unpaired) electrons. The van der Waals surface area contributed by atoms with Crippen molar-refractivity contribution in [2.45, 2.75) is 45.2 Å². The molecule has 4 aromatic rings. The van der Waals surface area contributed by atoms with Crippen LogP contribution in [0.1, 0.15) is 58.7 Å². The van der Waals surface area contributed by atoms with Gasteiger partial charge in [-0.05, 0) is 72.0 Å². The number of aromatic hydroxyl groups is 1. The number of imidazole rings is 1. The third-order valence-corrected chi connectivity index (χ3v) is 8.16. The van der Waals surface area contributed by atoms with E-state index < -0.39 is 5.91 Å². The number of rotatable bonds is 5. The number of aromatic nitrogens is 2. The van der Waals surface area contributed by atoms with E-state index in [1.165, 1.54) is 12.1 Å². The lowest BCUT2D eigenvalue weighted by Crippen LogP contribution is -2.41. The third kappa shape index (κ3) is 5.92. The maximum atomic E-state index is 13.9. The van der Waals surface area contributed by atoms with Gasteiger partial charge in [0.15, 0.2) is 11.5 Å². The number of phenolic OH excluding ortho intramolecular Hbond substituents is 1. The highest BCUT2D eigenvalue weighted by Gasteiger charge is 2.33. The van der Waals surface area contributed by atoms with Crippen LogP contribution < -0.4 is 19.5 Å². The molecular formula is C34H36N4O6. The smallest absolute Gasteiger partial charge is 0.255 e. The molecule has 8 bridgehead atoms. The van der Waals surface area contributed by atoms with Crippen molar-refractivity contribution in [1.29, 1.82) is 0 Å². The number of nitrogens with one attached hydrogen (secondary N) is 1. The molecule has 1 aromatic heterocycles. The van der Waals surface area contributed by atoms with E-state index in [9.17, 15) is 14.7 Å². The van der Waals surface area contributed by atoms with Gasteiger partial charge in [0, 0.05) is 44.9 Å². The molecule has 0 aliphatic carbocycles. The Bertz CT molecular complexity index is 1680. The number of hydrogen-bond donors (Lipinski definition) is 2. The van der Waals surface area contributed by atoms with Crippen LogP contribution in [0.15, 0.2) is 67.0 Å². The normalized spacial score (nSPS) is 16.3. The summed E-state index contributed by atoms with van der Waals surface area (Å²) in [5, 5.41) is 13.2. The Morgan fingerprint density at radius 3 is 2.82 bits per heavy atom. The van der Waals surface area contributed by atoms with Crippen molar-refractivity contribution in [2.75, 3.05) is 26.8 Å². The van der Waals surface area contributed by atoms with E-state index in [0.717, 1.165) is 28.9 Å². The summed E-state index contributed by atoms with van der Waals surface area (Å²) in [5.41, 5.74) is 3.12. The Balaban J connectivity index is 1.38. The largest absolute Gasteiger partial charge is 0.507 e. The van der Waals surface area contributed by atoms with Gasteiger partial charge in [-0.1, -0.05) is 19.1 Å². The summed E-state index contributed by atoms with van der Waals surface area (Å²) >= 11 is 0. The molecule has 0 spiro atoms.